The van der Waals surface area contributed by atoms with E-state index in [9.17, 15) is 17.6 Å². The van der Waals surface area contributed by atoms with Crippen molar-refractivity contribution in [3.8, 4) is 0 Å². The van der Waals surface area contributed by atoms with E-state index in [2.05, 4.69) is 0 Å². The quantitative estimate of drug-likeness (QED) is 0.915. The Bertz CT molecular complexity index is 957. The summed E-state index contributed by atoms with van der Waals surface area (Å²) in [6, 6.07) is 5.51. The van der Waals surface area contributed by atoms with Crippen LogP contribution in [0.4, 0.5) is 4.39 Å². The molecule has 1 atom stereocenters. The SMILES string of the molecule is Cc1oc(C2OC(c3ccc(S(N)(=O)=O)cc3)=CC2=O)c(F)c1C. The number of hydrogen-bond donors (Lipinski definition) is 1. The first-order chi connectivity index (χ1) is 11.2. The van der Waals surface area contributed by atoms with Gasteiger partial charge in [-0.3, -0.25) is 4.79 Å². The average Bonchev–Trinajstić information content (AvgIpc) is 3.02. The predicted octanol–water partition coefficient (Wildman–Crippen LogP) is 2.36. The van der Waals surface area contributed by atoms with Crippen molar-refractivity contribution in [3.63, 3.8) is 0 Å². The first-order valence-electron chi connectivity index (χ1n) is 6.99. The van der Waals surface area contributed by atoms with E-state index in [1.807, 2.05) is 0 Å². The molecule has 0 amide bonds. The smallest absolute Gasteiger partial charge is 0.238 e. The molecule has 0 saturated carbocycles. The van der Waals surface area contributed by atoms with E-state index in [-0.39, 0.29) is 16.4 Å². The monoisotopic (exact) mass is 351 g/mol. The Hall–Kier alpha value is -2.45. The largest absolute Gasteiger partial charge is 0.473 e. The van der Waals surface area contributed by atoms with Crippen molar-refractivity contribution in [3.05, 3.63) is 58.8 Å². The fourth-order valence-corrected chi connectivity index (χ4v) is 2.88. The lowest BCUT2D eigenvalue weighted by atomic mass is 10.1. The van der Waals surface area contributed by atoms with Crippen LogP contribution in [0.2, 0.25) is 0 Å². The van der Waals surface area contributed by atoms with Gasteiger partial charge in [0.05, 0.1) is 4.90 Å². The molecule has 1 aromatic heterocycles. The molecule has 1 aromatic carbocycles. The summed E-state index contributed by atoms with van der Waals surface area (Å²) >= 11 is 0. The minimum Gasteiger partial charge on any atom is -0.473 e. The van der Waals surface area contributed by atoms with Gasteiger partial charge in [-0.1, -0.05) is 0 Å². The third-order valence-electron chi connectivity index (χ3n) is 3.82. The van der Waals surface area contributed by atoms with Gasteiger partial charge in [-0.2, -0.15) is 0 Å². The molecule has 0 radical (unpaired) electrons. The van der Waals surface area contributed by atoms with Crippen LogP contribution in [0, 0.1) is 19.7 Å². The fraction of sp³-hybridized carbons (Fsp3) is 0.188. The van der Waals surface area contributed by atoms with Gasteiger partial charge in [0.15, 0.2) is 11.6 Å². The lowest BCUT2D eigenvalue weighted by molar-refractivity contribution is -0.121. The van der Waals surface area contributed by atoms with Crippen LogP contribution < -0.4 is 5.14 Å². The molecular weight excluding hydrogens is 337 g/mol. The lowest BCUT2D eigenvalue weighted by Gasteiger charge is -2.10. The molecule has 1 unspecified atom stereocenters. The van der Waals surface area contributed by atoms with Crippen LogP contribution in [-0.2, 0) is 19.6 Å². The van der Waals surface area contributed by atoms with Crippen molar-refractivity contribution < 1.29 is 26.8 Å². The number of benzene rings is 1. The lowest BCUT2D eigenvalue weighted by Crippen LogP contribution is -2.11. The summed E-state index contributed by atoms with van der Waals surface area (Å²) in [5.74, 6) is -0.636. The molecular formula is C16H14FNO5S. The number of ketones is 1. The topological polar surface area (TPSA) is 99.6 Å². The van der Waals surface area contributed by atoms with Crippen LogP contribution in [0.25, 0.3) is 5.76 Å². The molecule has 0 saturated heterocycles. The maximum Gasteiger partial charge on any atom is 0.238 e. The third kappa shape index (κ3) is 2.74. The molecule has 0 spiro atoms. The second-order valence-electron chi connectivity index (χ2n) is 5.44. The minimum atomic E-state index is -3.81. The fourth-order valence-electron chi connectivity index (χ4n) is 2.36. The van der Waals surface area contributed by atoms with Crippen molar-refractivity contribution in [1.29, 1.82) is 0 Å². The molecule has 24 heavy (non-hydrogen) atoms. The number of ether oxygens (including phenoxy) is 1. The van der Waals surface area contributed by atoms with Crippen LogP contribution in [-0.4, -0.2) is 14.2 Å². The molecule has 8 heteroatoms. The summed E-state index contributed by atoms with van der Waals surface area (Å²) in [5.41, 5.74) is 0.797. The van der Waals surface area contributed by atoms with Crippen LogP contribution in [0.3, 0.4) is 0 Å². The van der Waals surface area contributed by atoms with Gasteiger partial charge in [-0.05, 0) is 38.1 Å². The van der Waals surface area contributed by atoms with E-state index in [1.54, 1.807) is 13.8 Å². The van der Waals surface area contributed by atoms with Gasteiger partial charge in [-0.15, -0.1) is 0 Å². The van der Waals surface area contributed by atoms with Crippen LogP contribution in [0.5, 0.6) is 0 Å². The van der Waals surface area contributed by atoms with E-state index in [0.29, 0.717) is 16.9 Å². The van der Waals surface area contributed by atoms with Gasteiger partial charge >= 0.3 is 0 Å². The van der Waals surface area contributed by atoms with Gasteiger partial charge in [-0.25, -0.2) is 17.9 Å². The van der Waals surface area contributed by atoms with Crippen LogP contribution in [0.1, 0.15) is 28.8 Å². The van der Waals surface area contributed by atoms with Gasteiger partial charge in [0, 0.05) is 17.2 Å². The summed E-state index contributed by atoms with van der Waals surface area (Å²) in [7, 11) is -3.81. The summed E-state index contributed by atoms with van der Waals surface area (Å²) in [6.45, 7) is 3.15. The average molecular weight is 351 g/mol. The molecule has 1 aliphatic heterocycles. The maximum absolute atomic E-state index is 14.1. The number of primary sulfonamides is 1. The molecule has 6 nitrogen and oxygen atoms in total. The van der Waals surface area contributed by atoms with E-state index in [4.69, 9.17) is 14.3 Å². The minimum absolute atomic E-state index is 0.0592. The highest BCUT2D eigenvalue weighted by atomic mass is 32.2. The number of carbonyl (C=O) groups is 1. The molecule has 2 aromatic rings. The van der Waals surface area contributed by atoms with Crippen molar-refractivity contribution in [2.45, 2.75) is 24.8 Å². The summed E-state index contributed by atoms with van der Waals surface area (Å²) in [5, 5.41) is 5.03. The number of hydrogen-bond acceptors (Lipinski definition) is 5. The van der Waals surface area contributed by atoms with Crippen molar-refractivity contribution in [2.24, 2.45) is 5.14 Å². The number of carbonyl (C=O) groups excluding carboxylic acids is 1. The standard InChI is InChI=1S/C16H14FNO5S/c1-8-9(2)22-16(14(8)17)15-12(19)7-13(23-15)10-3-5-11(6-4-10)24(18,20)21/h3-7,15H,1-2H3,(H2,18,20,21). The summed E-state index contributed by atoms with van der Waals surface area (Å²) < 4.78 is 47.4. The number of nitrogens with two attached hydrogens (primary N) is 1. The van der Waals surface area contributed by atoms with Crippen molar-refractivity contribution >= 4 is 21.6 Å². The zero-order chi connectivity index (χ0) is 17.6. The molecule has 126 valence electrons. The molecule has 3 rings (SSSR count). The Morgan fingerprint density at radius 1 is 1.17 bits per heavy atom. The van der Waals surface area contributed by atoms with E-state index in [1.165, 1.54) is 30.3 Å². The molecule has 2 heterocycles. The summed E-state index contributed by atoms with van der Waals surface area (Å²) in [6.07, 6.45) is 0.0359. The first kappa shape index (κ1) is 16.4. The molecule has 0 aliphatic carbocycles. The highest BCUT2D eigenvalue weighted by Gasteiger charge is 2.35. The number of aryl methyl sites for hydroxylation is 1. The Balaban J connectivity index is 1.89. The predicted molar refractivity (Wildman–Crippen MR) is 82.8 cm³/mol. The zero-order valence-electron chi connectivity index (χ0n) is 12.9. The Morgan fingerprint density at radius 3 is 2.29 bits per heavy atom. The molecule has 0 bridgehead atoms. The Labute approximate surface area is 137 Å². The Morgan fingerprint density at radius 2 is 1.79 bits per heavy atom. The number of halogens is 1. The highest BCUT2D eigenvalue weighted by Crippen LogP contribution is 2.37. The first-order valence-corrected chi connectivity index (χ1v) is 8.54. The highest BCUT2D eigenvalue weighted by molar-refractivity contribution is 7.89. The summed E-state index contributed by atoms with van der Waals surface area (Å²) in [4.78, 5) is 12.1. The number of sulfonamides is 1. The van der Waals surface area contributed by atoms with Gasteiger partial charge in [0.2, 0.25) is 21.9 Å². The molecule has 1 aliphatic rings. The molecule has 2 N–H and O–H groups in total. The van der Waals surface area contributed by atoms with E-state index in [0.717, 1.165) is 0 Å². The normalized spacial score (nSPS) is 17.8. The molecule has 0 fully saturated rings. The van der Waals surface area contributed by atoms with Gasteiger partial charge in [0.25, 0.3) is 0 Å². The van der Waals surface area contributed by atoms with Crippen LogP contribution >= 0.6 is 0 Å². The number of furan rings is 1. The van der Waals surface area contributed by atoms with E-state index < -0.39 is 27.7 Å². The Kier molecular flexibility index (Phi) is 3.81. The zero-order valence-corrected chi connectivity index (χ0v) is 13.7. The van der Waals surface area contributed by atoms with Gasteiger partial charge in [0.1, 0.15) is 11.5 Å². The van der Waals surface area contributed by atoms with Crippen molar-refractivity contribution in [2.75, 3.05) is 0 Å². The van der Waals surface area contributed by atoms with Crippen molar-refractivity contribution in [1.82, 2.24) is 0 Å². The van der Waals surface area contributed by atoms with Crippen LogP contribution in [0.15, 0.2) is 39.7 Å². The number of rotatable bonds is 3. The van der Waals surface area contributed by atoms with E-state index >= 15 is 0 Å². The second-order valence-corrected chi connectivity index (χ2v) is 7.00. The third-order valence-corrected chi connectivity index (χ3v) is 4.75. The van der Waals surface area contributed by atoms with Gasteiger partial charge < -0.3 is 9.15 Å². The maximum atomic E-state index is 14.1. The second kappa shape index (κ2) is 5.57.